The zero-order valence-electron chi connectivity index (χ0n) is 12.3. The third-order valence-corrected chi connectivity index (χ3v) is 3.51. The fraction of sp³-hybridized carbons (Fsp3) is 0.333. The molecule has 0 radical (unpaired) electrons. The normalized spacial score (nSPS) is 12.2. The first-order valence-electron chi connectivity index (χ1n) is 7.32. The van der Waals surface area contributed by atoms with Crippen molar-refractivity contribution in [2.75, 3.05) is 0 Å². The zero-order valence-corrected chi connectivity index (χ0v) is 12.3. The van der Waals surface area contributed by atoms with E-state index in [1.165, 1.54) is 11.1 Å². The average Bonchev–Trinajstić information content (AvgIpc) is 2.50. The van der Waals surface area contributed by atoms with Crippen molar-refractivity contribution in [1.82, 2.24) is 0 Å². The minimum atomic E-state index is 0.239. The highest BCUT2D eigenvalue weighted by Crippen LogP contribution is 2.22. The summed E-state index contributed by atoms with van der Waals surface area (Å²) in [5.41, 5.74) is 8.54. The zero-order chi connectivity index (χ0) is 14.4. The van der Waals surface area contributed by atoms with E-state index in [0.717, 1.165) is 30.8 Å². The molecule has 0 amide bonds. The summed E-state index contributed by atoms with van der Waals surface area (Å²) < 4.78 is 5.83. The van der Waals surface area contributed by atoms with E-state index < -0.39 is 0 Å². The van der Waals surface area contributed by atoms with Gasteiger partial charge < -0.3 is 10.5 Å². The molecule has 2 aromatic carbocycles. The Balaban J connectivity index is 1.99. The standard InChI is InChI=1S/C18H23NO/c1-3-14-5-9-17(10-6-14)20-18-11-7-15(8-12-18)13-16(19)4-2/h5-12,16H,3-4,13,19H2,1-2H3. The lowest BCUT2D eigenvalue weighted by molar-refractivity contribution is 0.482. The van der Waals surface area contributed by atoms with E-state index >= 15 is 0 Å². The molecule has 0 saturated carbocycles. The molecule has 0 aliphatic heterocycles. The second kappa shape index (κ2) is 7.11. The van der Waals surface area contributed by atoms with E-state index in [0.29, 0.717) is 0 Å². The molecule has 0 saturated heterocycles. The van der Waals surface area contributed by atoms with Gasteiger partial charge in [0.15, 0.2) is 0 Å². The van der Waals surface area contributed by atoms with E-state index in [4.69, 9.17) is 10.5 Å². The van der Waals surface area contributed by atoms with E-state index in [2.05, 4.69) is 38.1 Å². The maximum atomic E-state index is 5.96. The molecule has 0 aliphatic rings. The Morgan fingerprint density at radius 2 is 1.35 bits per heavy atom. The van der Waals surface area contributed by atoms with Gasteiger partial charge in [-0.15, -0.1) is 0 Å². The molecule has 0 heterocycles. The molecule has 0 fully saturated rings. The van der Waals surface area contributed by atoms with Crippen LogP contribution in [-0.2, 0) is 12.8 Å². The molecule has 106 valence electrons. The lowest BCUT2D eigenvalue weighted by atomic mass is 10.0. The highest BCUT2D eigenvalue weighted by Gasteiger charge is 2.02. The van der Waals surface area contributed by atoms with Crippen molar-refractivity contribution in [3.05, 3.63) is 59.7 Å². The molecule has 2 heteroatoms. The lowest BCUT2D eigenvalue weighted by Crippen LogP contribution is -2.21. The largest absolute Gasteiger partial charge is 0.457 e. The summed E-state index contributed by atoms with van der Waals surface area (Å²) in [4.78, 5) is 0. The van der Waals surface area contributed by atoms with Crippen LogP contribution in [0.4, 0.5) is 0 Å². The van der Waals surface area contributed by atoms with Gasteiger partial charge in [0.1, 0.15) is 11.5 Å². The number of aryl methyl sites for hydroxylation is 1. The van der Waals surface area contributed by atoms with E-state index in [-0.39, 0.29) is 6.04 Å². The number of hydrogen-bond donors (Lipinski definition) is 1. The van der Waals surface area contributed by atoms with Gasteiger partial charge in [0.2, 0.25) is 0 Å². The molecular formula is C18H23NO. The first-order chi connectivity index (χ1) is 9.71. The average molecular weight is 269 g/mol. The smallest absolute Gasteiger partial charge is 0.127 e. The molecule has 2 aromatic rings. The van der Waals surface area contributed by atoms with Crippen LogP contribution >= 0.6 is 0 Å². The summed E-state index contributed by atoms with van der Waals surface area (Å²) >= 11 is 0. The maximum absolute atomic E-state index is 5.96. The van der Waals surface area contributed by atoms with Gasteiger partial charge in [0.05, 0.1) is 0 Å². The Labute approximate surface area is 121 Å². The Morgan fingerprint density at radius 1 is 0.850 bits per heavy atom. The van der Waals surface area contributed by atoms with E-state index in [1.807, 2.05) is 24.3 Å². The molecule has 1 atom stereocenters. The summed E-state index contributed by atoms with van der Waals surface area (Å²) in [5.74, 6) is 1.74. The molecule has 0 spiro atoms. The van der Waals surface area contributed by atoms with Crippen LogP contribution in [-0.4, -0.2) is 6.04 Å². The van der Waals surface area contributed by atoms with Gasteiger partial charge in [-0.3, -0.25) is 0 Å². The Hall–Kier alpha value is -1.80. The minimum Gasteiger partial charge on any atom is -0.457 e. The van der Waals surface area contributed by atoms with Crippen molar-refractivity contribution >= 4 is 0 Å². The topological polar surface area (TPSA) is 35.2 Å². The summed E-state index contributed by atoms with van der Waals surface area (Å²) in [5, 5.41) is 0. The molecule has 20 heavy (non-hydrogen) atoms. The van der Waals surface area contributed by atoms with E-state index in [9.17, 15) is 0 Å². The fourth-order valence-corrected chi connectivity index (χ4v) is 2.07. The molecule has 2 nitrogen and oxygen atoms in total. The van der Waals surface area contributed by atoms with Crippen molar-refractivity contribution in [2.24, 2.45) is 5.73 Å². The van der Waals surface area contributed by atoms with Gasteiger partial charge in [-0.1, -0.05) is 38.1 Å². The van der Waals surface area contributed by atoms with Crippen LogP contribution < -0.4 is 10.5 Å². The summed E-state index contributed by atoms with van der Waals surface area (Å²) in [7, 11) is 0. The van der Waals surface area contributed by atoms with Gasteiger partial charge >= 0.3 is 0 Å². The minimum absolute atomic E-state index is 0.239. The van der Waals surface area contributed by atoms with Crippen LogP contribution in [0, 0.1) is 0 Å². The summed E-state index contributed by atoms with van der Waals surface area (Å²) in [6.07, 6.45) is 2.97. The Kier molecular flexibility index (Phi) is 5.19. The molecule has 0 aromatic heterocycles. The Bertz CT molecular complexity index is 516. The summed E-state index contributed by atoms with van der Waals surface area (Å²) in [6, 6.07) is 16.7. The quantitative estimate of drug-likeness (QED) is 0.847. The van der Waals surface area contributed by atoms with Crippen LogP contribution in [0.15, 0.2) is 48.5 Å². The molecule has 0 aliphatic carbocycles. The van der Waals surface area contributed by atoms with Crippen molar-refractivity contribution in [2.45, 2.75) is 39.2 Å². The van der Waals surface area contributed by atoms with Crippen LogP contribution in [0.25, 0.3) is 0 Å². The third kappa shape index (κ3) is 4.10. The van der Waals surface area contributed by atoms with Gasteiger partial charge in [-0.2, -0.15) is 0 Å². The molecular weight excluding hydrogens is 246 g/mol. The second-order valence-electron chi connectivity index (χ2n) is 5.12. The first-order valence-corrected chi connectivity index (χ1v) is 7.32. The molecule has 2 rings (SSSR count). The van der Waals surface area contributed by atoms with Crippen molar-refractivity contribution in [1.29, 1.82) is 0 Å². The monoisotopic (exact) mass is 269 g/mol. The van der Waals surface area contributed by atoms with Crippen LogP contribution in [0.2, 0.25) is 0 Å². The third-order valence-electron chi connectivity index (χ3n) is 3.51. The molecule has 0 bridgehead atoms. The van der Waals surface area contributed by atoms with Crippen LogP contribution in [0.3, 0.4) is 0 Å². The number of nitrogens with two attached hydrogens (primary N) is 1. The summed E-state index contributed by atoms with van der Waals surface area (Å²) in [6.45, 7) is 4.26. The highest BCUT2D eigenvalue weighted by atomic mass is 16.5. The number of benzene rings is 2. The molecule has 1 unspecified atom stereocenters. The van der Waals surface area contributed by atoms with Gasteiger partial charge in [0.25, 0.3) is 0 Å². The SMILES string of the molecule is CCc1ccc(Oc2ccc(CC(N)CC)cc2)cc1. The van der Waals surface area contributed by atoms with Crippen molar-refractivity contribution in [3.8, 4) is 11.5 Å². The Morgan fingerprint density at radius 3 is 1.80 bits per heavy atom. The van der Waals surface area contributed by atoms with Crippen LogP contribution in [0.1, 0.15) is 31.4 Å². The van der Waals surface area contributed by atoms with Gasteiger partial charge in [-0.05, 0) is 54.7 Å². The fourth-order valence-electron chi connectivity index (χ4n) is 2.07. The highest BCUT2D eigenvalue weighted by molar-refractivity contribution is 5.34. The maximum Gasteiger partial charge on any atom is 0.127 e. The lowest BCUT2D eigenvalue weighted by Gasteiger charge is -2.10. The predicted octanol–water partition coefficient (Wildman–Crippen LogP) is 4.32. The molecule has 2 N–H and O–H groups in total. The van der Waals surface area contributed by atoms with Gasteiger partial charge in [0, 0.05) is 6.04 Å². The van der Waals surface area contributed by atoms with E-state index in [1.54, 1.807) is 0 Å². The van der Waals surface area contributed by atoms with Crippen molar-refractivity contribution < 1.29 is 4.74 Å². The van der Waals surface area contributed by atoms with Crippen LogP contribution in [0.5, 0.6) is 11.5 Å². The van der Waals surface area contributed by atoms with Gasteiger partial charge in [-0.25, -0.2) is 0 Å². The number of ether oxygens (including phenoxy) is 1. The number of hydrogen-bond acceptors (Lipinski definition) is 2. The number of rotatable bonds is 6. The first kappa shape index (κ1) is 14.6. The predicted molar refractivity (Wildman–Crippen MR) is 84.3 cm³/mol. The van der Waals surface area contributed by atoms with Crippen molar-refractivity contribution in [3.63, 3.8) is 0 Å². The second-order valence-corrected chi connectivity index (χ2v) is 5.12.